The van der Waals surface area contributed by atoms with Crippen LogP contribution in [0.1, 0.15) is 51.1 Å². The molecule has 2 rings (SSSR count). The van der Waals surface area contributed by atoms with Crippen molar-refractivity contribution in [2.45, 2.75) is 45.6 Å². The van der Waals surface area contributed by atoms with Gasteiger partial charge in [0.15, 0.2) is 0 Å². The quantitative estimate of drug-likeness (QED) is 0.848. The van der Waals surface area contributed by atoms with Gasteiger partial charge in [-0.3, -0.25) is 9.69 Å². The molecule has 1 aromatic rings. The van der Waals surface area contributed by atoms with Crippen LogP contribution in [0.2, 0.25) is 0 Å². The largest absolute Gasteiger partial charge is 0.481 e. The molecule has 0 radical (unpaired) electrons. The molecule has 1 heterocycles. The summed E-state index contributed by atoms with van der Waals surface area (Å²) in [4.78, 5) is 14.1. The normalized spacial score (nSPS) is 24.7. The Balaban J connectivity index is 2.20. The second-order valence-electron chi connectivity index (χ2n) is 6.11. The summed E-state index contributed by atoms with van der Waals surface area (Å²) in [7, 11) is 0. The van der Waals surface area contributed by atoms with Gasteiger partial charge in [-0.25, -0.2) is 0 Å². The number of benzene rings is 1. The average molecular weight is 354 g/mol. The van der Waals surface area contributed by atoms with Crippen molar-refractivity contribution in [1.82, 2.24) is 4.90 Å². The summed E-state index contributed by atoms with van der Waals surface area (Å²) in [5, 5.41) is 9.71. The van der Waals surface area contributed by atoms with Crippen molar-refractivity contribution in [1.29, 1.82) is 0 Å². The lowest BCUT2D eigenvalue weighted by molar-refractivity contribution is -0.154. The molecule has 0 saturated carbocycles. The first kappa shape index (κ1) is 16.5. The predicted molar refractivity (Wildman–Crippen MR) is 88.3 cm³/mol. The molecule has 0 bridgehead atoms. The SMILES string of the molecule is CCCC1(C(=O)O)CCCN(C(C)c2ccccc2Br)C1. The summed E-state index contributed by atoms with van der Waals surface area (Å²) in [5.41, 5.74) is 0.665. The van der Waals surface area contributed by atoms with Crippen LogP contribution in [-0.2, 0) is 4.79 Å². The van der Waals surface area contributed by atoms with Crippen molar-refractivity contribution in [2.24, 2.45) is 5.41 Å². The van der Waals surface area contributed by atoms with E-state index in [1.165, 1.54) is 5.56 Å². The molecule has 1 aromatic carbocycles. The van der Waals surface area contributed by atoms with Gasteiger partial charge in [0, 0.05) is 17.1 Å². The molecule has 4 heteroatoms. The predicted octanol–water partition coefficient (Wildman–Crippen LogP) is 4.48. The highest BCUT2D eigenvalue weighted by atomic mass is 79.9. The van der Waals surface area contributed by atoms with Gasteiger partial charge in [0.25, 0.3) is 0 Å². The Labute approximate surface area is 135 Å². The third-order valence-electron chi connectivity index (χ3n) is 4.69. The fraction of sp³-hybridized carbons (Fsp3) is 0.588. The number of carboxylic acid groups (broad SMARTS) is 1. The van der Waals surface area contributed by atoms with E-state index in [2.05, 4.69) is 40.7 Å². The Kier molecular flexibility index (Phi) is 5.44. The standard InChI is InChI=1S/C17H24BrNO2/c1-3-9-17(16(20)21)10-6-11-19(12-17)13(2)14-7-4-5-8-15(14)18/h4-5,7-8,13H,3,6,9-12H2,1-2H3,(H,20,21). The second-order valence-corrected chi connectivity index (χ2v) is 6.96. The van der Waals surface area contributed by atoms with Crippen LogP contribution >= 0.6 is 15.9 Å². The first-order chi connectivity index (χ1) is 10.00. The van der Waals surface area contributed by atoms with Crippen LogP contribution in [0.25, 0.3) is 0 Å². The number of halogens is 1. The fourth-order valence-corrected chi connectivity index (χ4v) is 4.09. The summed E-state index contributed by atoms with van der Waals surface area (Å²) in [6.07, 6.45) is 3.45. The lowest BCUT2D eigenvalue weighted by atomic mass is 9.76. The van der Waals surface area contributed by atoms with E-state index >= 15 is 0 Å². The zero-order valence-corrected chi connectivity index (χ0v) is 14.4. The number of piperidine rings is 1. The zero-order valence-electron chi connectivity index (χ0n) is 12.8. The lowest BCUT2D eigenvalue weighted by Gasteiger charge is -2.43. The van der Waals surface area contributed by atoms with Gasteiger partial charge in [0.2, 0.25) is 0 Å². The van der Waals surface area contributed by atoms with Crippen LogP contribution < -0.4 is 0 Å². The van der Waals surface area contributed by atoms with E-state index in [-0.39, 0.29) is 6.04 Å². The van der Waals surface area contributed by atoms with Gasteiger partial charge < -0.3 is 5.11 Å². The first-order valence-electron chi connectivity index (χ1n) is 7.72. The summed E-state index contributed by atoms with van der Waals surface area (Å²) in [5.74, 6) is -0.631. The number of rotatable bonds is 5. The van der Waals surface area contributed by atoms with Crippen molar-refractivity contribution in [3.8, 4) is 0 Å². The molecule has 3 nitrogen and oxygen atoms in total. The highest BCUT2D eigenvalue weighted by Crippen LogP contribution is 2.39. The molecule has 116 valence electrons. The van der Waals surface area contributed by atoms with Gasteiger partial charge in [0.1, 0.15) is 0 Å². The maximum atomic E-state index is 11.8. The molecule has 1 saturated heterocycles. The number of likely N-dealkylation sites (tertiary alicyclic amines) is 1. The average Bonchev–Trinajstić information content (AvgIpc) is 2.47. The molecule has 1 N–H and O–H groups in total. The minimum absolute atomic E-state index is 0.233. The van der Waals surface area contributed by atoms with Crippen LogP contribution in [0.3, 0.4) is 0 Å². The molecule has 21 heavy (non-hydrogen) atoms. The van der Waals surface area contributed by atoms with Crippen molar-refractivity contribution in [2.75, 3.05) is 13.1 Å². The van der Waals surface area contributed by atoms with Crippen LogP contribution in [0.15, 0.2) is 28.7 Å². The van der Waals surface area contributed by atoms with Gasteiger partial charge >= 0.3 is 5.97 Å². The number of carbonyl (C=O) groups is 1. The molecule has 1 aliphatic heterocycles. The smallest absolute Gasteiger partial charge is 0.310 e. The summed E-state index contributed by atoms with van der Waals surface area (Å²) in [6, 6.07) is 8.45. The van der Waals surface area contributed by atoms with Crippen molar-refractivity contribution in [3.63, 3.8) is 0 Å². The topological polar surface area (TPSA) is 40.5 Å². The second kappa shape index (κ2) is 6.93. The van der Waals surface area contributed by atoms with E-state index in [4.69, 9.17) is 0 Å². The number of hydrogen-bond acceptors (Lipinski definition) is 2. The van der Waals surface area contributed by atoms with Gasteiger partial charge in [-0.05, 0) is 44.4 Å². The van der Waals surface area contributed by atoms with Crippen LogP contribution in [0.4, 0.5) is 0 Å². The van der Waals surface area contributed by atoms with Gasteiger partial charge in [-0.2, -0.15) is 0 Å². The highest BCUT2D eigenvalue weighted by molar-refractivity contribution is 9.10. The van der Waals surface area contributed by atoms with E-state index in [1.54, 1.807) is 0 Å². The Bertz CT molecular complexity index is 501. The molecule has 1 aliphatic rings. The highest BCUT2D eigenvalue weighted by Gasteiger charge is 2.42. The Hall–Kier alpha value is -0.870. The van der Waals surface area contributed by atoms with Gasteiger partial charge in [0.05, 0.1) is 5.41 Å². The number of carboxylic acids is 1. The summed E-state index contributed by atoms with van der Waals surface area (Å²) in [6.45, 7) is 5.87. The molecule has 2 unspecified atom stereocenters. The van der Waals surface area contributed by atoms with Crippen LogP contribution in [0, 0.1) is 5.41 Å². The Morgan fingerprint density at radius 1 is 1.48 bits per heavy atom. The van der Waals surface area contributed by atoms with E-state index in [9.17, 15) is 9.90 Å². The van der Waals surface area contributed by atoms with Crippen molar-refractivity contribution >= 4 is 21.9 Å². The van der Waals surface area contributed by atoms with Crippen molar-refractivity contribution in [3.05, 3.63) is 34.3 Å². The molecule has 0 spiro atoms. The molecule has 0 amide bonds. The fourth-order valence-electron chi connectivity index (χ4n) is 3.47. The molecule has 2 atom stereocenters. The van der Waals surface area contributed by atoms with Crippen LogP contribution in [0.5, 0.6) is 0 Å². The minimum Gasteiger partial charge on any atom is -0.481 e. The monoisotopic (exact) mass is 353 g/mol. The summed E-state index contributed by atoms with van der Waals surface area (Å²) < 4.78 is 1.10. The maximum Gasteiger partial charge on any atom is 0.310 e. The van der Waals surface area contributed by atoms with Gasteiger partial charge in [-0.1, -0.05) is 47.5 Å². The van der Waals surface area contributed by atoms with Gasteiger partial charge in [-0.15, -0.1) is 0 Å². The van der Waals surface area contributed by atoms with E-state index in [1.807, 2.05) is 18.2 Å². The minimum atomic E-state index is -0.631. The first-order valence-corrected chi connectivity index (χ1v) is 8.51. The molecule has 1 fully saturated rings. The van der Waals surface area contributed by atoms with Crippen LogP contribution in [-0.4, -0.2) is 29.1 Å². The lowest BCUT2D eigenvalue weighted by Crippen LogP contribution is -2.48. The molecule has 0 aromatic heterocycles. The van der Waals surface area contributed by atoms with E-state index in [0.717, 1.165) is 36.7 Å². The third-order valence-corrected chi connectivity index (χ3v) is 5.41. The molecular weight excluding hydrogens is 330 g/mol. The number of hydrogen-bond donors (Lipinski definition) is 1. The van der Waals surface area contributed by atoms with Crippen molar-refractivity contribution < 1.29 is 9.90 Å². The summed E-state index contributed by atoms with van der Waals surface area (Å²) >= 11 is 3.61. The molecular formula is C17H24BrNO2. The van der Waals surface area contributed by atoms with E-state index < -0.39 is 11.4 Å². The molecule has 0 aliphatic carbocycles. The number of nitrogens with zero attached hydrogens (tertiary/aromatic N) is 1. The number of aliphatic carboxylic acids is 1. The van der Waals surface area contributed by atoms with E-state index in [0.29, 0.717) is 6.54 Å². The maximum absolute atomic E-state index is 11.8. The third kappa shape index (κ3) is 3.49. The Morgan fingerprint density at radius 3 is 2.81 bits per heavy atom. The Morgan fingerprint density at radius 2 is 2.19 bits per heavy atom. The zero-order chi connectivity index (χ0) is 15.5.